The van der Waals surface area contributed by atoms with Crippen LogP contribution in [0.15, 0.2) is 77.0 Å². The van der Waals surface area contributed by atoms with Gasteiger partial charge in [-0.25, -0.2) is 4.79 Å². The number of para-hydroxylation sites is 1. The monoisotopic (exact) mass is 450 g/mol. The number of carbonyl (C=O) groups excluding carboxylic acids is 2. The standard InChI is InChI=1S/C23H15BrO5/c1-27-15-10-11-17-20(13-15)28-21(22(17)25)12-14-6-2-5-9-19(14)29-23(26)16-7-3-4-8-18(16)24/h2-13H,1H3/b21-12-. The minimum Gasteiger partial charge on any atom is -0.497 e. The van der Waals surface area contributed by atoms with E-state index in [1.807, 2.05) is 6.07 Å². The number of carbonyl (C=O) groups is 2. The summed E-state index contributed by atoms with van der Waals surface area (Å²) in [4.78, 5) is 25.2. The van der Waals surface area contributed by atoms with E-state index in [1.165, 1.54) is 0 Å². The lowest BCUT2D eigenvalue weighted by Crippen LogP contribution is -2.10. The van der Waals surface area contributed by atoms with Gasteiger partial charge in [0.15, 0.2) is 5.76 Å². The fourth-order valence-electron chi connectivity index (χ4n) is 2.91. The average molecular weight is 451 g/mol. The van der Waals surface area contributed by atoms with Gasteiger partial charge in [0.2, 0.25) is 5.78 Å². The molecule has 0 amide bonds. The van der Waals surface area contributed by atoms with E-state index in [0.717, 1.165) is 0 Å². The van der Waals surface area contributed by atoms with Gasteiger partial charge in [0.1, 0.15) is 17.2 Å². The molecule has 0 aliphatic carbocycles. The molecule has 0 atom stereocenters. The van der Waals surface area contributed by atoms with E-state index < -0.39 is 5.97 Å². The first-order chi connectivity index (χ1) is 14.1. The third-order valence-corrected chi connectivity index (χ3v) is 5.07. The summed E-state index contributed by atoms with van der Waals surface area (Å²) < 4.78 is 17.1. The predicted molar refractivity (Wildman–Crippen MR) is 111 cm³/mol. The highest BCUT2D eigenvalue weighted by Gasteiger charge is 2.28. The molecule has 0 aromatic heterocycles. The Morgan fingerprint density at radius 3 is 2.59 bits per heavy atom. The van der Waals surface area contributed by atoms with Crippen molar-refractivity contribution >= 4 is 33.8 Å². The Bertz CT molecular complexity index is 1150. The molecule has 29 heavy (non-hydrogen) atoms. The van der Waals surface area contributed by atoms with Crippen molar-refractivity contribution in [3.05, 3.63) is 93.7 Å². The van der Waals surface area contributed by atoms with Crippen LogP contribution < -0.4 is 14.2 Å². The Balaban J connectivity index is 1.63. The highest BCUT2D eigenvalue weighted by molar-refractivity contribution is 9.10. The minimum atomic E-state index is -0.505. The van der Waals surface area contributed by atoms with Gasteiger partial charge in [-0.15, -0.1) is 0 Å². The number of hydrogen-bond donors (Lipinski definition) is 0. The zero-order valence-corrected chi connectivity index (χ0v) is 16.9. The maximum Gasteiger partial charge on any atom is 0.344 e. The van der Waals surface area contributed by atoms with Crippen molar-refractivity contribution in [1.82, 2.24) is 0 Å². The second kappa shape index (κ2) is 7.93. The first-order valence-corrected chi connectivity index (χ1v) is 9.54. The summed E-state index contributed by atoms with van der Waals surface area (Å²) in [6, 6.07) is 19.0. The topological polar surface area (TPSA) is 61.8 Å². The molecule has 0 radical (unpaired) electrons. The molecule has 0 saturated carbocycles. The number of Topliss-reactive ketones (excluding diaryl/α,β-unsaturated/α-hetero) is 1. The summed E-state index contributed by atoms with van der Waals surface area (Å²) in [6.45, 7) is 0. The van der Waals surface area contributed by atoms with E-state index in [2.05, 4.69) is 15.9 Å². The number of rotatable bonds is 4. The van der Waals surface area contributed by atoms with Crippen molar-refractivity contribution in [3.8, 4) is 17.2 Å². The number of allylic oxidation sites excluding steroid dienone is 1. The molecular weight excluding hydrogens is 436 g/mol. The summed E-state index contributed by atoms with van der Waals surface area (Å²) in [6.07, 6.45) is 1.57. The first-order valence-electron chi connectivity index (χ1n) is 8.75. The van der Waals surface area contributed by atoms with Crippen molar-refractivity contribution in [3.63, 3.8) is 0 Å². The number of ketones is 1. The van der Waals surface area contributed by atoms with Gasteiger partial charge in [0.25, 0.3) is 0 Å². The molecule has 5 nitrogen and oxygen atoms in total. The predicted octanol–water partition coefficient (Wildman–Crippen LogP) is 5.29. The second-order valence-corrected chi connectivity index (χ2v) is 7.06. The molecule has 0 spiro atoms. The lowest BCUT2D eigenvalue weighted by Gasteiger charge is -2.09. The molecule has 1 heterocycles. The number of fused-ring (bicyclic) bond motifs is 1. The summed E-state index contributed by atoms with van der Waals surface area (Å²) in [5.74, 6) is 0.761. The largest absolute Gasteiger partial charge is 0.497 e. The van der Waals surface area contributed by atoms with Crippen LogP contribution in [-0.4, -0.2) is 18.9 Å². The zero-order chi connectivity index (χ0) is 20.4. The molecule has 0 saturated heterocycles. The Labute approximate surface area is 175 Å². The van der Waals surface area contributed by atoms with Gasteiger partial charge in [0.05, 0.1) is 18.2 Å². The lowest BCUT2D eigenvalue weighted by molar-refractivity contribution is 0.0733. The number of halogens is 1. The van der Waals surface area contributed by atoms with Crippen LogP contribution in [0.25, 0.3) is 6.08 Å². The van der Waals surface area contributed by atoms with Gasteiger partial charge in [-0.2, -0.15) is 0 Å². The Morgan fingerprint density at radius 2 is 1.79 bits per heavy atom. The molecule has 0 N–H and O–H groups in total. The molecule has 1 aliphatic heterocycles. The van der Waals surface area contributed by atoms with E-state index in [9.17, 15) is 9.59 Å². The Hall–Kier alpha value is -3.38. The van der Waals surface area contributed by atoms with Gasteiger partial charge in [-0.3, -0.25) is 4.79 Å². The summed E-state index contributed by atoms with van der Waals surface area (Å²) in [5.41, 5.74) is 1.42. The minimum absolute atomic E-state index is 0.151. The lowest BCUT2D eigenvalue weighted by atomic mass is 10.1. The van der Waals surface area contributed by atoms with Crippen molar-refractivity contribution in [1.29, 1.82) is 0 Å². The van der Waals surface area contributed by atoms with Gasteiger partial charge in [-0.1, -0.05) is 30.3 Å². The van der Waals surface area contributed by atoms with Gasteiger partial charge in [-0.05, 0) is 52.3 Å². The molecule has 1 aliphatic rings. The highest BCUT2D eigenvalue weighted by atomic mass is 79.9. The van der Waals surface area contributed by atoms with Crippen LogP contribution >= 0.6 is 15.9 Å². The van der Waals surface area contributed by atoms with E-state index in [1.54, 1.807) is 73.8 Å². The highest BCUT2D eigenvalue weighted by Crippen LogP contribution is 2.35. The molecule has 0 fully saturated rings. The van der Waals surface area contributed by atoms with Gasteiger partial charge < -0.3 is 14.2 Å². The maximum absolute atomic E-state index is 12.7. The van der Waals surface area contributed by atoms with E-state index in [4.69, 9.17) is 14.2 Å². The van der Waals surface area contributed by atoms with Crippen LogP contribution in [0.2, 0.25) is 0 Å². The van der Waals surface area contributed by atoms with Gasteiger partial charge >= 0.3 is 5.97 Å². The van der Waals surface area contributed by atoms with Crippen LogP contribution in [0.5, 0.6) is 17.2 Å². The van der Waals surface area contributed by atoms with Crippen molar-refractivity contribution < 1.29 is 23.8 Å². The van der Waals surface area contributed by atoms with Crippen LogP contribution in [0, 0.1) is 0 Å². The van der Waals surface area contributed by atoms with Crippen LogP contribution in [0.1, 0.15) is 26.3 Å². The van der Waals surface area contributed by atoms with E-state index in [0.29, 0.717) is 38.4 Å². The molecule has 4 rings (SSSR count). The number of benzene rings is 3. The number of ether oxygens (including phenoxy) is 3. The van der Waals surface area contributed by atoms with Crippen LogP contribution in [0.3, 0.4) is 0 Å². The van der Waals surface area contributed by atoms with Crippen LogP contribution in [0.4, 0.5) is 0 Å². The fraction of sp³-hybridized carbons (Fsp3) is 0.0435. The summed E-state index contributed by atoms with van der Waals surface area (Å²) >= 11 is 3.35. The fourth-order valence-corrected chi connectivity index (χ4v) is 3.36. The van der Waals surface area contributed by atoms with Crippen molar-refractivity contribution in [2.75, 3.05) is 7.11 Å². The average Bonchev–Trinajstić information content (AvgIpc) is 3.04. The smallest absolute Gasteiger partial charge is 0.344 e. The molecule has 0 bridgehead atoms. The molecule has 6 heteroatoms. The summed E-state index contributed by atoms with van der Waals surface area (Å²) in [7, 11) is 1.55. The number of hydrogen-bond acceptors (Lipinski definition) is 5. The van der Waals surface area contributed by atoms with E-state index >= 15 is 0 Å². The molecule has 0 unspecified atom stereocenters. The molecule has 144 valence electrons. The third kappa shape index (κ3) is 3.79. The first kappa shape index (κ1) is 19.0. The molecule has 3 aromatic rings. The zero-order valence-electron chi connectivity index (χ0n) is 15.3. The normalized spacial score (nSPS) is 13.7. The van der Waals surface area contributed by atoms with Crippen molar-refractivity contribution in [2.45, 2.75) is 0 Å². The van der Waals surface area contributed by atoms with Crippen molar-refractivity contribution in [2.24, 2.45) is 0 Å². The third-order valence-electron chi connectivity index (χ3n) is 4.38. The number of esters is 1. The quantitative estimate of drug-likeness (QED) is 0.306. The molecular formula is C23H15BrO5. The maximum atomic E-state index is 12.7. The van der Waals surface area contributed by atoms with E-state index in [-0.39, 0.29) is 11.5 Å². The SMILES string of the molecule is COc1ccc2c(c1)O/C(=C\c1ccccc1OC(=O)c1ccccc1Br)C2=O. The van der Waals surface area contributed by atoms with Gasteiger partial charge in [0, 0.05) is 16.1 Å². The number of methoxy groups -OCH3 is 1. The Kier molecular flexibility index (Phi) is 5.18. The Morgan fingerprint density at radius 1 is 1.03 bits per heavy atom. The van der Waals surface area contributed by atoms with Crippen LogP contribution in [-0.2, 0) is 0 Å². The summed E-state index contributed by atoms with van der Waals surface area (Å²) in [5, 5.41) is 0. The second-order valence-electron chi connectivity index (χ2n) is 6.21. The molecule has 3 aromatic carbocycles.